The number of nitrogens with zero attached hydrogens (tertiary/aromatic N) is 2. The topological polar surface area (TPSA) is 112 Å². The average Bonchev–Trinajstić information content (AvgIpc) is 2.79. The van der Waals surface area contributed by atoms with E-state index in [0.29, 0.717) is 42.2 Å². The molecule has 0 aliphatic carbocycles. The molecule has 2 aromatic carbocycles. The number of rotatable bonds is 5. The Bertz CT molecular complexity index is 1290. The van der Waals surface area contributed by atoms with E-state index in [0.717, 1.165) is 0 Å². The van der Waals surface area contributed by atoms with Crippen LogP contribution in [0.25, 0.3) is 11.4 Å². The monoisotopic (exact) mass is 452 g/mol. The zero-order valence-electron chi connectivity index (χ0n) is 17.6. The first-order valence-corrected chi connectivity index (χ1v) is 11.8. The second kappa shape index (κ2) is 9.05. The molecule has 1 saturated heterocycles. The molecule has 1 aliphatic heterocycles. The van der Waals surface area contributed by atoms with Gasteiger partial charge in [0.15, 0.2) is 0 Å². The van der Waals surface area contributed by atoms with Gasteiger partial charge in [0.25, 0.3) is 5.56 Å². The fourth-order valence-electron chi connectivity index (χ4n) is 3.82. The maximum atomic E-state index is 12.9. The van der Waals surface area contributed by atoms with Crippen LogP contribution in [-0.4, -0.2) is 41.7 Å². The van der Waals surface area contributed by atoms with Gasteiger partial charge in [0.2, 0.25) is 15.9 Å². The van der Waals surface area contributed by atoms with Gasteiger partial charge < -0.3 is 10.3 Å². The molecule has 0 saturated carbocycles. The van der Waals surface area contributed by atoms with E-state index >= 15 is 0 Å². The minimum Gasteiger partial charge on any atom is -0.326 e. The molecule has 1 aromatic heterocycles. The van der Waals surface area contributed by atoms with Gasteiger partial charge in [-0.2, -0.15) is 4.31 Å². The number of carbonyl (C=O) groups excluding carboxylic acids is 1. The van der Waals surface area contributed by atoms with Crippen LogP contribution in [0.3, 0.4) is 0 Å². The Morgan fingerprint density at radius 1 is 1.12 bits per heavy atom. The molecule has 1 fully saturated rings. The molecule has 2 N–H and O–H groups in total. The van der Waals surface area contributed by atoms with Crippen molar-refractivity contribution in [1.29, 1.82) is 0 Å². The summed E-state index contributed by atoms with van der Waals surface area (Å²) in [6, 6.07) is 16.7. The molecule has 9 heteroatoms. The summed E-state index contributed by atoms with van der Waals surface area (Å²) >= 11 is 0. The third-order valence-corrected chi connectivity index (χ3v) is 7.29. The first-order chi connectivity index (χ1) is 15.3. The van der Waals surface area contributed by atoms with Gasteiger partial charge in [-0.25, -0.2) is 13.4 Å². The number of sulfonamides is 1. The molecular weight excluding hydrogens is 428 g/mol. The van der Waals surface area contributed by atoms with E-state index in [1.807, 2.05) is 0 Å². The Hall–Kier alpha value is -3.30. The lowest BCUT2D eigenvalue weighted by molar-refractivity contribution is -0.120. The molecule has 4 rings (SSSR count). The number of aryl methyl sites for hydroxylation is 1. The van der Waals surface area contributed by atoms with Crippen LogP contribution in [0.15, 0.2) is 70.4 Å². The molecule has 32 heavy (non-hydrogen) atoms. The van der Waals surface area contributed by atoms with Crippen LogP contribution in [0.2, 0.25) is 0 Å². The minimum absolute atomic E-state index is 0.134. The Morgan fingerprint density at radius 2 is 1.91 bits per heavy atom. The maximum absolute atomic E-state index is 12.9. The predicted octanol–water partition coefficient (Wildman–Crippen LogP) is 2.78. The second-order valence-electron chi connectivity index (χ2n) is 7.82. The fourth-order valence-corrected chi connectivity index (χ4v) is 5.37. The highest BCUT2D eigenvalue weighted by atomic mass is 32.2. The zero-order chi connectivity index (χ0) is 22.7. The van der Waals surface area contributed by atoms with Crippen molar-refractivity contribution in [2.45, 2.75) is 24.7 Å². The molecule has 166 valence electrons. The maximum Gasteiger partial charge on any atom is 0.251 e. The van der Waals surface area contributed by atoms with Gasteiger partial charge in [0.05, 0.1) is 10.8 Å². The normalized spacial score (nSPS) is 17.1. The fraction of sp³-hybridized carbons (Fsp3) is 0.261. The third-order valence-electron chi connectivity index (χ3n) is 5.41. The minimum atomic E-state index is -3.64. The van der Waals surface area contributed by atoms with Gasteiger partial charge >= 0.3 is 0 Å². The first kappa shape index (κ1) is 21.9. The van der Waals surface area contributed by atoms with Gasteiger partial charge in [0.1, 0.15) is 5.82 Å². The Labute approximate surface area is 186 Å². The number of hydrogen-bond donors (Lipinski definition) is 2. The summed E-state index contributed by atoms with van der Waals surface area (Å²) in [5, 5.41) is 2.88. The van der Waals surface area contributed by atoms with E-state index in [1.165, 1.54) is 10.4 Å². The first-order valence-electron chi connectivity index (χ1n) is 10.4. The van der Waals surface area contributed by atoms with Gasteiger partial charge in [-0.3, -0.25) is 9.59 Å². The number of carbonyl (C=O) groups is 1. The van der Waals surface area contributed by atoms with Crippen molar-refractivity contribution in [2.24, 2.45) is 5.92 Å². The quantitative estimate of drug-likeness (QED) is 0.618. The van der Waals surface area contributed by atoms with Gasteiger partial charge in [0, 0.05) is 36.1 Å². The molecule has 8 nitrogen and oxygen atoms in total. The molecule has 1 amide bonds. The van der Waals surface area contributed by atoms with Gasteiger partial charge in [-0.1, -0.05) is 30.3 Å². The predicted molar refractivity (Wildman–Crippen MR) is 122 cm³/mol. The summed E-state index contributed by atoms with van der Waals surface area (Å²) < 4.78 is 27.2. The van der Waals surface area contributed by atoms with Gasteiger partial charge in [-0.05, 0) is 44.0 Å². The molecule has 0 spiro atoms. The molecule has 3 aromatic rings. The van der Waals surface area contributed by atoms with E-state index in [4.69, 9.17) is 0 Å². The second-order valence-corrected chi connectivity index (χ2v) is 9.76. The van der Waals surface area contributed by atoms with Crippen LogP contribution >= 0.6 is 0 Å². The van der Waals surface area contributed by atoms with Crippen molar-refractivity contribution in [2.75, 3.05) is 18.4 Å². The number of hydrogen-bond acceptors (Lipinski definition) is 5. The van der Waals surface area contributed by atoms with Crippen LogP contribution in [0, 0.1) is 12.8 Å². The smallest absolute Gasteiger partial charge is 0.251 e. The number of aromatic nitrogens is 2. The van der Waals surface area contributed by atoms with Gasteiger partial charge in [-0.15, -0.1) is 0 Å². The van der Waals surface area contributed by atoms with E-state index in [-0.39, 0.29) is 22.9 Å². The number of amides is 1. The van der Waals surface area contributed by atoms with Crippen LogP contribution in [0.5, 0.6) is 0 Å². The van der Waals surface area contributed by atoms with E-state index in [1.54, 1.807) is 61.5 Å². The molecule has 0 radical (unpaired) electrons. The number of benzene rings is 2. The number of aromatic amines is 1. The zero-order valence-corrected chi connectivity index (χ0v) is 18.4. The van der Waals surface area contributed by atoms with Crippen molar-refractivity contribution >= 4 is 21.6 Å². The highest BCUT2D eigenvalue weighted by molar-refractivity contribution is 7.89. The molecular formula is C23H24N4O4S. The largest absolute Gasteiger partial charge is 0.326 e. The van der Waals surface area contributed by atoms with E-state index < -0.39 is 15.9 Å². The number of anilines is 1. The Morgan fingerprint density at radius 3 is 2.66 bits per heavy atom. The molecule has 1 atom stereocenters. The lowest BCUT2D eigenvalue weighted by Crippen LogP contribution is -2.43. The van der Waals surface area contributed by atoms with Crippen molar-refractivity contribution in [3.63, 3.8) is 0 Å². The van der Waals surface area contributed by atoms with Crippen molar-refractivity contribution in [3.05, 3.63) is 76.7 Å². The highest BCUT2D eigenvalue weighted by Gasteiger charge is 2.33. The molecule has 1 aliphatic rings. The van der Waals surface area contributed by atoms with Crippen LogP contribution in [-0.2, 0) is 14.8 Å². The summed E-state index contributed by atoms with van der Waals surface area (Å²) in [6.07, 6.45) is 1.22. The summed E-state index contributed by atoms with van der Waals surface area (Å²) in [7, 11) is -3.64. The summed E-state index contributed by atoms with van der Waals surface area (Å²) in [5.74, 6) is -0.271. The molecule has 0 bridgehead atoms. The van der Waals surface area contributed by atoms with Crippen LogP contribution < -0.4 is 10.9 Å². The molecule has 2 heterocycles. The standard InChI is InChI=1S/C23H24N4O4S/c1-16-13-21(28)26-22(24-16)17-7-5-9-19(14-17)25-23(29)18-8-6-12-27(15-18)32(30,31)20-10-3-2-4-11-20/h2-5,7,9-11,13-14,18H,6,8,12,15H2,1H3,(H,25,29)(H,24,26,28). The van der Waals surface area contributed by atoms with E-state index in [2.05, 4.69) is 15.3 Å². The number of H-pyrrole nitrogens is 1. The number of nitrogens with one attached hydrogen (secondary N) is 2. The highest BCUT2D eigenvalue weighted by Crippen LogP contribution is 2.25. The Kier molecular flexibility index (Phi) is 6.20. The van der Waals surface area contributed by atoms with Crippen molar-refractivity contribution in [1.82, 2.24) is 14.3 Å². The average molecular weight is 453 g/mol. The third kappa shape index (κ3) is 4.79. The lowest BCUT2D eigenvalue weighted by atomic mass is 9.98. The summed E-state index contributed by atoms with van der Waals surface area (Å²) in [4.78, 5) is 31.9. The van der Waals surface area contributed by atoms with Crippen molar-refractivity contribution in [3.8, 4) is 11.4 Å². The SMILES string of the molecule is Cc1cc(=O)[nH]c(-c2cccc(NC(=O)C3CCCN(S(=O)(=O)c4ccccc4)C3)c2)n1. The Balaban J connectivity index is 1.49. The van der Waals surface area contributed by atoms with Crippen LogP contribution in [0.1, 0.15) is 18.5 Å². The molecule has 1 unspecified atom stereocenters. The lowest BCUT2D eigenvalue weighted by Gasteiger charge is -2.31. The summed E-state index contributed by atoms with van der Waals surface area (Å²) in [5.41, 5.74) is 1.57. The van der Waals surface area contributed by atoms with E-state index in [9.17, 15) is 18.0 Å². The van der Waals surface area contributed by atoms with Crippen molar-refractivity contribution < 1.29 is 13.2 Å². The summed E-state index contributed by atoms with van der Waals surface area (Å²) in [6.45, 7) is 2.26. The number of piperidine rings is 1. The van der Waals surface area contributed by atoms with Crippen LogP contribution in [0.4, 0.5) is 5.69 Å².